The molecule has 1 fully saturated rings. The fourth-order valence-electron chi connectivity index (χ4n) is 3.09. The molecule has 8 nitrogen and oxygen atoms in total. The van der Waals surface area contributed by atoms with Gasteiger partial charge in [-0.2, -0.15) is 11.8 Å². The van der Waals surface area contributed by atoms with Crippen LogP contribution in [0.25, 0.3) is 0 Å². The lowest BCUT2D eigenvalue weighted by Crippen LogP contribution is -2.36. The van der Waals surface area contributed by atoms with Crippen LogP contribution in [0.4, 0.5) is 0 Å². The summed E-state index contributed by atoms with van der Waals surface area (Å²) in [7, 11) is 0. The van der Waals surface area contributed by atoms with E-state index >= 15 is 0 Å². The number of hydrogen-bond acceptors (Lipinski definition) is 6. The number of thioether (sulfide) groups is 1. The molecular formula is C22H31N3O5S. The number of rotatable bonds is 13. The largest absolute Gasteiger partial charge is 0.379 e. The Balaban J connectivity index is 1.47. The number of ether oxygens (including phenoxy) is 1. The van der Waals surface area contributed by atoms with Crippen LogP contribution >= 0.6 is 11.8 Å². The van der Waals surface area contributed by atoms with Crippen molar-refractivity contribution in [2.24, 2.45) is 0 Å². The van der Waals surface area contributed by atoms with Crippen LogP contribution in [-0.2, 0) is 30.3 Å². The van der Waals surface area contributed by atoms with E-state index in [0.717, 1.165) is 11.3 Å². The van der Waals surface area contributed by atoms with E-state index in [4.69, 9.17) is 4.74 Å². The maximum Gasteiger partial charge on any atom is 0.242 e. The number of carbonyl (C=O) groups excluding carboxylic acids is 4. The molecule has 0 spiro atoms. The van der Waals surface area contributed by atoms with E-state index in [1.165, 1.54) is 22.9 Å². The molecule has 1 atom stereocenters. The van der Waals surface area contributed by atoms with E-state index in [1.807, 2.05) is 6.92 Å². The molecule has 1 aliphatic heterocycles. The van der Waals surface area contributed by atoms with Crippen molar-refractivity contribution in [2.45, 2.75) is 37.9 Å². The van der Waals surface area contributed by atoms with Crippen LogP contribution in [0.15, 0.2) is 24.3 Å². The molecule has 1 aromatic carbocycles. The Hall–Kier alpha value is -2.39. The van der Waals surface area contributed by atoms with Crippen LogP contribution in [0.2, 0.25) is 0 Å². The lowest BCUT2D eigenvalue weighted by atomic mass is 10.1. The van der Waals surface area contributed by atoms with Gasteiger partial charge in [0.1, 0.15) is 0 Å². The normalized spacial score (nSPS) is 15.9. The van der Waals surface area contributed by atoms with Crippen molar-refractivity contribution in [3.05, 3.63) is 35.4 Å². The highest BCUT2D eigenvalue weighted by atomic mass is 32.2. The highest BCUT2D eigenvalue weighted by molar-refractivity contribution is 8.00. The van der Waals surface area contributed by atoms with Crippen LogP contribution in [0.1, 0.15) is 30.4 Å². The summed E-state index contributed by atoms with van der Waals surface area (Å²) in [6.45, 7) is 3.60. The minimum Gasteiger partial charge on any atom is -0.379 e. The Kier molecular flexibility index (Phi) is 10.5. The van der Waals surface area contributed by atoms with Gasteiger partial charge in [0, 0.05) is 38.9 Å². The van der Waals surface area contributed by atoms with Crippen molar-refractivity contribution in [1.82, 2.24) is 15.5 Å². The van der Waals surface area contributed by atoms with E-state index in [2.05, 4.69) is 34.9 Å². The van der Waals surface area contributed by atoms with Gasteiger partial charge in [0.05, 0.1) is 18.5 Å². The summed E-state index contributed by atoms with van der Waals surface area (Å²) in [5, 5.41) is 5.22. The van der Waals surface area contributed by atoms with E-state index in [-0.39, 0.29) is 61.3 Å². The van der Waals surface area contributed by atoms with Gasteiger partial charge in [-0.1, -0.05) is 29.8 Å². The van der Waals surface area contributed by atoms with Crippen molar-refractivity contribution in [3.63, 3.8) is 0 Å². The lowest BCUT2D eigenvalue weighted by molar-refractivity contribution is -0.138. The third-order valence-electron chi connectivity index (χ3n) is 4.95. The molecule has 2 N–H and O–H groups in total. The molecule has 0 aromatic heterocycles. The molecule has 0 saturated carbocycles. The number of carbonyl (C=O) groups is 4. The summed E-state index contributed by atoms with van der Waals surface area (Å²) in [4.78, 5) is 48.7. The van der Waals surface area contributed by atoms with Gasteiger partial charge in [0.25, 0.3) is 0 Å². The topological polar surface area (TPSA) is 105 Å². The van der Waals surface area contributed by atoms with Crippen molar-refractivity contribution >= 4 is 35.4 Å². The second kappa shape index (κ2) is 13.1. The second-order valence-corrected chi connectivity index (χ2v) is 8.40. The van der Waals surface area contributed by atoms with Crippen LogP contribution in [0.3, 0.4) is 0 Å². The summed E-state index contributed by atoms with van der Waals surface area (Å²) in [6.07, 6.45) is 3.11. The van der Waals surface area contributed by atoms with Gasteiger partial charge in [-0.3, -0.25) is 24.1 Å². The van der Waals surface area contributed by atoms with Gasteiger partial charge in [-0.15, -0.1) is 0 Å². The Morgan fingerprint density at radius 1 is 1.06 bits per heavy atom. The average Bonchev–Trinajstić information content (AvgIpc) is 3.03. The fourth-order valence-corrected chi connectivity index (χ4v) is 3.73. The molecule has 1 saturated heterocycles. The SMILES string of the molecule is CSC1CC(=O)N(CCC(=O)NCCOCCC(=O)NCCc2ccc(C)cc2)C1=O. The molecule has 9 heteroatoms. The van der Waals surface area contributed by atoms with Crippen LogP contribution < -0.4 is 10.6 Å². The molecule has 31 heavy (non-hydrogen) atoms. The summed E-state index contributed by atoms with van der Waals surface area (Å²) >= 11 is 1.35. The van der Waals surface area contributed by atoms with Gasteiger partial charge in [-0.05, 0) is 25.2 Å². The van der Waals surface area contributed by atoms with Crippen molar-refractivity contribution in [3.8, 4) is 0 Å². The fraction of sp³-hybridized carbons (Fsp3) is 0.545. The first kappa shape index (κ1) is 24.9. The number of aryl methyl sites for hydroxylation is 1. The molecular weight excluding hydrogens is 418 g/mol. The smallest absolute Gasteiger partial charge is 0.242 e. The standard InChI is InChI=1S/C22H31N3O5S/c1-16-3-5-17(6-4-16)7-10-23-20(27)9-13-30-14-11-24-19(26)8-12-25-21(28)15-18(31-2)22(25)29/h3-6,18H,7-15H2,1-2H3,(H,23,27)(H,24,26). The van der Waals surface area contributed by atoms with E-state index in [9.17, 15) is 19.2 Å². The summed E-state index contributed by atoms with van der Waals surface area (Å²) in [5.41, 5.74) is 2.39. The third-order valence-corrected chi connectivity index (χ3v) is 5.89. The number of amides is 4. The maximum atomic E-state index is 12.0. The minimum absolute atomic E-state index is 0.0698. The second-order valence-electron chi connectivity index (χ2n) is 7.36. The number of hydrogen-bond donors (Lipinski definition) is 2. The van der Waals surface area contributed by atoms with Gasteiger partial charge < -0.3 is 15.4 Å². The quantitative estimate of drug-likeness (QED) is 0.345. The molecule has 1 aliphatic rings. The molecule has 170 valence electrons. The zero-order valence-electron chi connectivity index (χ0n) is 18.1. The van der Waals surface area contributed by atoms with Gasteiger partial charge in [-0.25, -0.2) is 0 Å². The number of nitrogens with one attached hydrogen (secondary N) is 2. The van der Waals surface area contributed by atoms with Crippen molar-refractivity contribution in [2.75, 3.05) is 39.1 Å². The van der Waals surface area contributed by atoms with Gasteiger partial charge in [0.15, 0.2) is 0 Å². The highest BCUT2D eigenvalue weighted by Gasteiger charge is 2.37. The van der Waals surface area contributed by atoms with Gasteiger partial charge >= 0.3 is 0 Å². The third kappa shape index (κ3) is 8.70. The lowest BCUT2D eigenvalue weighted by Gasteiger charge is -2.14. The minimum atomic E-state index is -0.330. The number of benzene rings is 1. The summed E-state index contributed by atoms with van der Waals surface area (Å²) in [5.74, 6) is -0.756. The molecule has 2 rings (SSSR count). The Morgan fingerprint density at radius 3 is 2.42 bits per heavy atom. The summed E-state index contributed by atoms with van der Waals surface area (Å²) in [6, 6.07) is 8.22. The Morgan fingerprint density at radius 2 is 1.74 bits per heavy atom. The Labute approximate surface area is 187 Å². The predicted molar refractivity (Wildman–Crippen MR) is 120 cm³/mol. The van der Waals surface area contributed by atoms with Crippen LogP contribution in [0, 0.1) is 6.92 Å². The van der Waals surface area contributed by atoms with Gasteiger partial charge in [0.2, 0.25) is 23.6 Å². The molecule has 0 radical (unpaired) electrons. The molecule has 0 aliphatic carbocycles. The molecule has 4 amide bonds. The molecule has 0 bridgehead atoms. The monoisotopic (exact) mass is 449 g/mol. The number of nitrogens with zero attached hydrogens (tertiary/aromatic N) is 1. The number of imide groups is 1. The molecule has 1 aromatic rings. The zero-order chi connectivity index (χ0) is 22.6. The first-order valence-corrected chi connectivity index (χ1v) is 11.7. The predicted octanol–water partition coefficient (Wildman–Crippen LogP) is 1.06. The van der Waals surface area contributed by atoms with E-state index < -0.39 is 0 Å². The first-order chi connectivity index (χ1) is 14.9. The zero-order valence-corrected chi connectivity index (χ0v) is 19.0. The molecule has 1 heterocycles. The van der Waals surface area contributed by atoms with Crippen molar-refractivity contribution in [1.29, 1.82) is 0 Å². The summed E-state index contributed by atoms with van der Waals surface area (Å²) < 4.78 is 5.38. The van der Waals surface area contributed by atoms with Crippen LogP contribution in [-0.4, -0.2) is 72.9 Å². The van der Waals surface area contributed by atoms with Crippen molar-refractivity contribution < 1.29 is 23.9 Å². The maximum absolute atomic E-state index is 12.0. The highest BCUT2D eigenvalue weighted by Crippen LogP contribution is 2.22. The van der Waals surface area contributed by atoms with E-state index in [0.29, 0.717) is 19.7 Å². The number of likely N-dealkylation sites (tertiary alicyclic amines) is 1. The molecule has 1 unspecified atom stereocenters. The first-order valence-electron chi connectivity index (χ1n) is 10.4. The Bertz CT molecular complexity index is 769. The average molecular weight is 450 g/mol. The van der Waals surface area contributed by atoms with E-state index in [1.54, 1.807) is 6.26 Å². The van der Waals surface area contributed by atoms with Crippen LogP contribution in [0.5, 0.6) is 0 Å².